The first-order valence-corrected chi connectivity index (χ1v) is 7.76. The topological polar surface area (TPSA) is 37.3 Å². The van der Waals surface area contributed by atoms with Crippen molar-refractivity contribution < 1.29 is 0 Å². The van der Waals surface area contributed by atoms with Crippen molar-refractivity contribution in [2.24, 2.45) is 4.99 Å². The van der Waals surface area contributed by atoms with Crippen molar-refractivity contribution in [3.63, 3.8) is 0 Å². The molecule has 0 saturated heterocycles. The van der Waals surface area contributed by atoms with Crippen molar-refractivity contribution >= 4 is 49.8 Å². The van der Waals surface area contributed by atoms with Crippen molar-refractivity contribution in [1.82, 2.24) is 4.98 Å². The third kappa shape index (κ3) is 2.21. The highest BCUT2D eigenvalue weighted by Crippen LogP contribution is 2.33. The molecular formula is C14H12IN3S. The molecule has 0 aromatic heterocycles. The van der Waals surface area contributed by atoms with Crippen LogP contribution in [0.15, 0.2) is 35.3 Å². The monoisotopic (exact) mass is 379 g/mol. The first-order chi connectivity index (χ1) is 9.22. The molecule has 0 fully saturated rings. The van der Waals surface area contributed by atoms with Gasteiger partial charge in [-0.3, -0.25) is 4.99 Å². The molecule has 1 N–H and O–H groups in total. The van der Waals surface area contributed by atoms with Crippen LogP contribution in [0.25, 0.3) is 20.8 Å². The number of hydrogen-bond donors (Lipinski definition) is 1. The van der Waals surface area contributed by atoms with Gasteiger partial charge in [0.15, 0.2) is 0 Å². The highest BCUT2D eigenvalue weighted by Gasteiger charge is 2.12. The van der Waals surface area contributed by atoms with Crippen LogP contribution in [0.4, 0.5) is 5.69 Å². The fraction of sp³-hybridized carbons (Fsp3) is 0.143. The molecular weight excluding hydrogens is 367 g/mol. The van der Waals surface area contributed by atoms with E-state index in [1.54, 1.807) is 11.3 Å². The molecule has 2 aliphatic rings. The van der Waals surface area contributed by atoms with Crippen LogP contribution < -0.4 is 10.7 Å². The molecule has 5 heteroatoms. The molecule has 1 aromatic carbocycles. The van der Waals surface area contributed by atoms with Crippen LogP contribution in [0, 0.1) is 3.57 Å². The maximum Gasteiger partial charge on any atom is 0.0822 e. The molecule has 3 rings (SSSR count). The van der Waals surface area contributed by atoms with Crippen molar-refractivity contribution in [2.75, 3.05) is 19.4 Å². The molecule has 1 aliphatic heterocycles. The van der Waals surface area contributed by atoms with E-state index in [1.807, 2.05) is 26.2 Å². The number of nitrogens with zero attached hydrogens (tertiary/aromatic N) is 2. The van der Waals surface area contributed by atoms with Crippen molar-refractivity contribution in [1.29, 1.82) is 0 Å². The van der Waals surface area contributed by atoms with Gasteiger partial charge in [-0.15, -0.1) is 11.3 Å². The number of fused-ring (bicyclic) bond motifs is 2. The average Bonchev–Trinajstić information content (AvgIpc) is 2.45. The van der Waals surface area contributed by atoms with E-state index in [4.69, 9.17) is 4.98 Å². The normalized spacial score (nSPS) is 12.3. The van der Waals surface area contributed by atoms with E-state index >= 15 is 0 Å². The number of aromatic nitrogens is 1. The zero-order chi connectivity index (χ0) is 13.4. The molecule has 1 aromatic rings. The van der Waals surface area contributed by atoms with E-state index in [9.17, 15) is 0 Å². The first kappa shape index (κ1) is 12.8. The van der Waals surface area contributed by atoms with E-state index in [2.05, 4.69) is 51.1 Å². The molecule has 0 spiro atoms. The predicted octanol–water partition coefficient (Wildman–Crippen LogP) is 3.58. The smallest absolute Gasteiger partial charge is 0.0822 e. The van der Waals surface area contributed by atoms with Crippen LogP contribution in [0.5, 0.6) is 0 Å². The summed E-state index contributed by atoms with van der Waals surface area (Å²) in [7, 11) is 3.75. The Hall–Kier alpha value is -1.21. The second kappa shape index (κ2) is 5.05. The zero-order valence-corrected chi connectivity index (χ0v) is 13.5. The minimum Gasteiger partial charge on any atom is -0.388 e. The lowest BCUT2D eigenvalue weighted by molar-refractivity contribution is 1.24. The van der Waals surface area contributed by atoms with E-state index < -0.39 is 0 Å². The largest absolute Gasteiger partial charge is 0.388 e. The molecule has 96 valence electrons. The summed E-state index contributed by atoms with van der Waals surface area (Å²) in [5.41, 5.74) is 3.18. The minimum absolute atomic E-state index is 1.02. The second-order valence-electron chi connectivity index (χ2n) is 4.12. The van der Waals surface area contributed by atoms with Gasteiger partial charge in [0.2, 0.25) is 0 Å². The Labute approximate surface area is 128 Å². The first-order valence-electron chi connectivity index (χ1n) is 5.86. The van der Waals surface area contributed by atoms with Crippen molar-refractivity contribution in [3.05, 3.63) is 39.3 Å². The molecule has 19 heavy (non-hydrogen) atoms. The van der Waals surface area contributed by atoms with Gasteiger partial charge in [0.25, 0.3) is 0 Å². The van der Waals surface area contributed by atoms with Gasteiger partial charge in [-0.05, 0) is 52.9 Å². The van der Waals surface area contributed by atoms with E-state index in [1.165, 1.54) is 13.1 Å². The summed E-state index contributed by atoms with van der Waals surface area (Å²) in [4.78, 5) is 10.2. The van der Waals surface area contributed by atoms with E-state index in [0.717, 1.165) is 22.3 Å². The highest BCUT2D eigenvalue weighted by atomic mass is 125. The molecule has 0 amide bonds. The van der Waals surface area contributed by atoms with Gasteiger partial charge in [0, 0.05) is 19.8 Å². The molecule has 0 bridgehead atoms. The molecule has 3 nitrogen and oxygen atoms in total. The fourth-order valence-corrected chi connectivity index (χ4v) is 4.04. The molecule has 0 unspecified atom stereocenters. The molecule has 0 atom stereocenters. The highest BCUT2D eigenvalue weighted by molar-refractivity contribution is 14.1. The Morgan fingerprint density at radius 1 is 1.26 bits per heavy atom. The summed E-state index contributed by atoms with van der Waals surface area (Å²) in [5.74, 6) is 0. The summed E-state index contributed by atoms with van der Waals surface area (Å²) >= 11 is 4.12. The summed E-state index contributed by atoms with van der Waals surface area (Å²) < 4.78 is 2.36. The van der Waals surface area contributed by atoms with Gasteiger partial charge in [-0.1, -0.05) is 0 Å². The Morgan fingerprint density at radius 2 is 2.11 bits per heavy atom. The lowest BCUT2D eigenvalue weighted by atomic mass is 10.2. The number of hydrogen-bond acceptors (Lipinski definition) is 4. The number of rotatable bonds is 1. The minimum atomic E-state index is 1.02. The Morgan fingerprint density at radius 3 is 2.84 bits per heavy atom. The standard InChI is InChI=1S/C14H12IN3S/c1-16-8-3-4-9-12(7-8)19-14-11(18-9)6-5-10(17-2)13(14)15/h3-7,16H,1-2H3/i15-2. The van der Waals surface area contributed by atoms with Gasteiger partial charge in [0.05, 0.1) is 29.7 Å². The maximum absolute atomic E-state index is 4.73. The summed E-state index contributed by atoms with van der Waals surface area (Å²) in [6, 6.07) is 10.3. The van der Waals surface area contributed by atoms with Gasteiger partial charge < -0.3 is 5.32 Å². The van der Waals surface area contributed by atoms with Gasteiger partial charge in [0.1, 0.15) is 0 Å². The number of nitrogens with one attached hydrogen (secondary N) is 1. The lowest BCUT2D eigenvalue weighted by Gasteiger charge is -2.09. The Balaban J connectivity index is 2.40. The molecule has 1 heterocycles. The zero-order valence-electron chi connectivity index (χ0n) is 10.6. The molecule has 1 aliphatic carbocycles. The van der Waals surface area contributed by atoms with Crippen LogP contribution in [-0.4, -0.2) is 19.1 Å². The van der Waals surface area contributed by atoms with Crippen LogP contribution in [0.1, 0.15) is 0 Å². The van der Waals surface area contributed by atoms with E-state index in [-0.39, 0.29) is 0 Å². The second-order valence-corrected chi connectivity index (χ2v) is 6.25. The van der Waals surface area contributed by atoms with Crippen molar-refractivity contribution in [2.45, 2.75) is 0 Å². The van der Waals surface area contributed by atoms with Crippen LogP contribution in [0.3, 0.4) is 0 Å². The molecule has 0 saturated carbocycles. The maximum atomic E-state index is 4.73. The summed E-state index contributed by atoms with van der Waals surface area (Å²) in [6.45, 7) is 0. The van der Waals surface area contributed by atoms with Crippen LogP contribution >= 0.6 is 33.9 Å². The molecule has 0 radical (unpaired) electrons. The number of anilines is 1. The lowest BCUT2D eigenvalue weighted by Crippen LogP contribution is -2.08. The summed E-state index contributed by atoms with van der Waals surface area (Å²) in [5, 5.41) is 4.19. The Bertz CT molecular complexity index is 794. The predicted molar refractivity (Wildman–Crippen MR) is 90.0 cm³/mol. The average molecular weight is 379 g/mol. The van der Waals surface area contributed by atoms with Crippen LogP contribution in [-0.2, 0) is 0 Å². The number of benzene rings is 2. The third-order valence-electron chi connectivity index (χ3n) is 3.00. The Kier molecular flexibility index (Phi) is 3.40. The quantitative estimate of drug-likeness (QED) is 0.519. The fourth-order valence-electron chi connectivity index (χ4n) is 1.98. The summed E-state index contributed by atoms with van der Waals surface area (Å²) in [6.07, 6.45) is 0. The van der Waals surface area contributed by atoms with E-state index in [0.29, 0.717) is 0 Å². The third-order valence-corrected chi connectivity index (χ3v) is 5.62. The van der Waals surface area contributed by atoms with Crippen molar-refractivity contribution in [3.8, 4) is 10.6 Å². The SMILES string of the molecule is CN=c1ccc2nc3ccc(NC)cc3sc-2c1[125I]. The van der Waals surface area contributed by atoms with Gasteiger partial charge in [-0.25, -0.2) is 4.98 Å². The number of halogens is 1. The van der Waals surface area contributed by atoms with Crippen LogP contribution in [0.2, 0.25) is 0 Å². The van der Waals surface area contributed by atoms with Gasteiger partial charge >= 0.3 is 0 Å². The van der Waals surface area contributed by atoms with Gasteiger partial charge in [-0.2, -0.15) is 0 Å².